The van der Waals surface area contributed by atoms with Gasteiger partial charge in [0.25, 0.3) is 0 Å². The first-order chi connectivity index (χ1) is 12.0. The SMILES string of the molecule is Cc1ccc(CN2Cc3ccnn3CC(COCC(=O)N(C)C)C2)o1. The molecule has 7 heteroatoms. The number of fused-ring (bicyclic) bond motifs is 1. The third-order valence-electron chi connectivity index (χ3n) is 4.39. The molecular weight excluding hydrogens is 320 g/mol. The summed E-state index contributed by atoms with van der Waals surface area (Å²) >= 11 is 0. The number of likely N-dealkylation sites (N-methyl/N-ethyl adjacent to an activating group) is 1. The Morgan fingerprint density at radius 1 is 1.36 bits per heavy atom. The highest BCUT2D eigenvalue weighted by atomic mass is 16.5. The zero-order valence-corrected chi connectivity index (χ0v) is 15.1. The van der Waals surface area contributed by atoms with Gasteiger partial charge in [-0.05, 0) is 25.1 Å². The topological polar surface area (TPSA) is 63.7 Å². The fourth-order valence-corrected chi connectivity index (χ4v) is 3.08. The molecular formula is C18H26N4O3. The highest BCUT2D eigenvalue weighted by molar-refractivity contribution is 5.76. The van der Waals surface area contributed by atoms with Crippen molar-refractivity contribution in [2.24, 2.45) is 5.92 Å². The molecule has 3 heterocycles. The molecule has 7 nitrogen and oxygen atoms in total. The Labute approximate surface area is 148 Å². The summed E-state index contributed by atoms with van der Waals surface area (Å²) in [5.74, 6) is 2.15. The van der Waals surface area contributed by atoms with Gasteiger partial charge < -0.3 is 14.1 Å². The Kier molecular flexibility index (Phi) is 5.55. The van der Waals surface area contributed by atoms with Gasteiger partial charge in [-0.15, -0.1) is 0 Å². The van der Waals surface area contributed by atoms with Crippen molar-refractivity contribution in [2.45, 2.75) is 26.6 Å². The number of furan rings is 1. The van der Waals surface area contributed by atoms with Crippen molar-refractivity contribution in [1.29, 1.82) is 0 Å². The first-order valence-corrected chi connectivity index (χ1v) is 8.57. The minimum atomic E-state index is -0.0173. The van der Waals surface area contributed by atoms with Gasteiger partial charge in [0.05, 0.1) is 18.8 Å². The van der Waals surface area contributed by atoms with E-state index in [9.17, 15) is 4.79 Å². The molecule has 1 aliphatic heterocycles. The average molecular weight is 346 g/mol. The fourth-order valence-electron chi connectivity index (χ4n) is 3.08. The van der Waals surface area contributed by atoms with Gasteiger partial charge in [0.1, 0.15) is 18.1 Å². The molecule has 1 aliphatic rings. The van der Waals surface area contributed by atoms with Crippen LogP contribution in [-0.2, 0) is 29.2 Å². The molecule has 0 spiro atoms. The van der Waals surface area contributed by atoms with Crippen molar-refractivity contribution in [3.8, 4) is 0 Å². The van der Waals surface area contributed by atoms with E-state index in [0.29, 0.717) is 6.61 Å². The predicted octanol–water partition coefficient (Wildman–Crippen LogP) is 1.52. The van der Waals surface area contributed by atoms with E-state index in [4.69, 9.17) is 9.15 Å². The average Bonchev–Trinajstić information content (AvgIpc) is 3.12. The molecule has 0 radical (unpaired) electrons. The summed E-state index contributed by atoms with van der Waals surface area (Å²) in [6.45, 7) is 5.86. The van der Waals surface area contributed by atoms with E-state index in [2.05, 4.69) is 16.1 Å². The van der Waals surface area contributed by atoms with Gasteiger partial charge in [-0.2, -0.15) is 5.10 Å². The van der Waals surface area contributed by atoms with E-state index in [1.165, 1.54) is 5.69 Å². The van der Waals surface area contributed by atoms with E-state index in [-0.39, 0.29) is 18.4 Å². The van der Waals surface area contributed by atoms with Crippen LogP contribution in [0.15, 0.2) is 28.8 Å². The summed E-state index contributed by atoms with van der Waals surface area (Å²) in [6.07, 6.45) is 1.84. The molecule has 0 saturated carbocycles. The summed E-state index contributed by atoms with van der Waals surface area (Å²) in [6, 6.07) is 6.07. The highest BCUT2D eigenvalue weighted by Crippen LogP contribution is 2.19. The minimum Gasteiger partial charge on any atom is -0.465 e. The number of ether oxygens (including phenoxy) is 1. The van der Waals surface area contributed by atoms with Gasteiger partial charge in [0.2, 0.25) is 5.91 Å². The number of nitrogens with zero attached hydrogens (tertiary/aromatic N) is 4. The first-order valence-electron chi connectivity index (χ1n) is 8.57. The molecule has 0 aromatic carbocycles. The number of aromatic nitrogens is 2. The molecule has 0 aliphatic carbocycles. The third kappa shape index (κ3) is 4.70. The molecule has 136 valence electrons. The maximum Gasteiger partial charge on any atom is 0.248 e. The Balaban J connectivity index is 1.63. The summed E-state index contributed by atoms with van der Waals surface area (Å²) in [5.41, 5.74) is 1.19. The van der Waals surface area contributed by atoms with Crippen molar-refractivity contribution in [2.75, 3.05) is 33.9 Å². The molecule has 1 unspecified atom stereocenters. The molecule has 1 atom stereocenters. The standard InChI is InChI=1S/C18H26N4O3/c1-14-4-5-17(25-14)11-21-8-15(12-24-13-18(23)20(2)3)9-22-16(10-21)6-7-19-22/h4-7,15H,8-13H2,1-3H3. The summed E-state index contributed by atoms with van der Waals surface area (Å²) in [4.78, 5) is 15.6. The monoisotopic (exact) mass is 346 g/mol. The van der Waals surface area contributed by atoms with Gasteiger partial charge >= 0.3 is 0 Å². The van der Waals surface area contributed by atoms with Crippen LogP contribution in [0.1, 0.15) is 17.2 Å². The van der Waals surface area contributed by atoms with Crippen molar-refractivity contribution < 1.29 is 13.9 Å². The van der Waals surface area contributed by atoms with Crippen LogP contribution in [0.25, 0.3) is 0 Å². The number of hydrogen-bond donors (Lipinski definition) is 0. The van der Waals surface area contributed by atoms with Crippen molar-refractivity contribution >= 4 is 5.91 Å². The van der Waals surface area contributed by atoms with Crippen LogP contribution in [-0.4, -0.2) is 59.3 Å². The molecule has 25 heavy (non-hydrogen) atoms. The van der Waals surface area contributed by atoms with Crippen molar-refractivity contribution in [3.63, 3.8) is 0 Å². The number of rotatable bonds is 6. The molecule has 0 fully saturated rings. The smallest absolute Gasteiger partial charge is 0.248 e. The van der Waals surface area contributed by atoms with Crippen LogP contribution in [0.2, 0.25) is 0 Å². The predicted molar refractivity (Wildman–Crippen MR) is 92.8 cm³/mol. The van der Waals surface area contributed by atoms with Gasteiger partial charge in [-0.25, -0.2) is 0 Å². The second-order valence-corrected chi connectivity index (χ2v) is 6.86. The molecule has 2 aromatic rings. The summed E-state index contributed by atoms with van der Waals surface area (Å²) in [7, 11) is 3.47. The lowest BCUT2D eigenvalue weighted by molar-refractivity contribution is -0.134. The molecule has 1 amide bonds. The van der Waals surface area contributed by atoms with Gasteiger partial charge in [-0.1, -0.05) is 0 Å². The van der Waals surface area contributed by atoms with E-state index < -0.39 is 0 Å². The van der Waals surface area contributed by atoms with Gasteiger partial charge in [-0.3, -0.25) is 14.4 Å². The molecule has 0 N–H and O–H groups in total. The lowest BCUT2D eigenvalue weighted by atomic mass is 10.1. The van der Waals surface area contributed by atoms with Crippen LogP contribution in [0.3, 0.4) is 0 Å². The van der Waals surface area contributed by atoms with Crippen LogP contribution < -0.4 is 0 Å². The molecule has 0 bridgehead atoms. The Bertz CT molecular complexity index is 707. The highest BCUT2D eigenvalue weighted by Gasteiger charge is 2.23. The van der Waals surface area contributed by atoms with Crippen molar-refractivity contribution in [1.82, 2.24) is 19.6 Å². The zero-order chi connectivity index (χ0) is 17.8. The van der Waals surface area contributed by atoms with Gasteiger partial charge in [0.15, 0.2) is 0 Å². The lowest BCUT2D eigenvalue weighted by Gasteiger charge is -2.23. The maximum atomic E-state index is 11.7. The normalized spacial score (nSPS) is 18.0. The Hall–Kier alpha value is -2.12. The Morgan fingerprint density at radius 3 is 2.92 bits per heavy atom. The van der Waals surface area contributed by atoms with Gasteiger partial charge in [0, 0.05) is 45.8 Å². The molecule has 0 saturated heterocycles. The van der Waals surface area contributed by atoms with E-state index in [1.807, 2.05) is 29.9 Å². The van der Waals surface area contributed by atoms with Crippen molar-refractivity contribution in [3.05, 3.63) is 41.6 Å². The van der Waals surface area contributed by atoms with E-state index in [1.54, 1.807) is 19.0 Å². The second kappa shape index (κ2) is 7.84. The van der Waals surface area contributed by atoms with Crippen LogP contribution >= 0.6 is 0 Å². The van der Waals surface area contributed by atoms with Crippen LogP contribution in [0, 0.1) is 12.8 Å². The number of carbonyl (C=O) groups excluding carboxylic acids is 1. The van der Waals surface area contributed by atoms with E-state index in [0.717, 1.165) is 37.7 Å². The number of hydrogen-bond acceptors (Lipinski definition) is 5. The van der Waals surface area contributed by atoms with Crippen LogP contribution in [0.4, 0.5) is 0 Å². The maximum absolute atomic E-state index is 11.7. The van der Waals surface area contributed by atoms with E-state index >= 15 is 0 Å². The first kappa shape index (κ1) is 17.7. The number of carbonyl (C=O) groups is 1. The largest absolute Gasteiger partial charge is 0.465 e. The number of aryl methyl sites for hydroxylation is 1. The summed E-state index contributed by atoms with van der Waals surface area (Å²) < 4.78 is 13.4. The minimum absolute atomic E-state index is 0.0173. The quantitative estimate of drug-likeness (QED) is 0.794. The molecule has 2 aromatic heterocycles. The fraction of sp³-hybridized carbons (Fsp3) is 0.556. The number of amides is 1. The Morgan fingerprint density at radius 2 is 2.20 bits per heavy atom. The summed E-state index contributed by atoms with van der Waals surface area (Å²) in [5, 5.41) is 4.42. The second-order valence-electron chi connectivity index (χ2n) is 6.86. The molecule has 3 rings (SSSR count). The zero-order valence-electron chi connectivity index (χ0n) is 15.1. The third-order valence-corrected chi connectivity index (χ3v) is 4.39. The lowest BCUT2D eigenvalue weighted by Crippen LogP contribution is -2.32. The van der Waals surface area contributed by atoms with Crippen LogP contribution in [0.5, 0.6) is 0 Å².